The molecule has 1 heterocycles. The van der Waals surface area contributed by atoms with Gasteiger partial charge in [0.2, 0.25) is 5.91 Å². The molecule has 0 saturated carbocycles. The van der Waals surface area contributed by atoms with Crippen LogP contribution in [0.1, 0.15) is 33.1 Å². The van der Waals surface area contributed by atoms with Crippen molar-refractivity contribution in [2.24, 2.45) is 5.73 Å². The van der Waals surface area contributed by atoms with Gasteiger partial charge in [0.05, 0.1) is 6.04 Å². The molecule has 0 radical (unpaired) electrons. The Hall–Kier alpha value is -0.570. The van der Waals surface area contributed by atoms with Gasteiger partial charge in [0.25, 0.3) is 0 Å². The fourth-order valence-electron chi connectivity index (χ4n) is 1.97. The highest BCUT2D eigenvalue weighted by molar-refractivity contribution is 5.79. The lowest BCUT2D eigenvalue weighted by molar-refractivity contribution is -0.123. The molecule has 2 atom stereocenters. The van der Waals surface area contributed by atoms with Crippen molar-refractivity contribution in [1.82, 2.24) is 4.90 Å². The number of carbonyl (C=O) groups excluding carboxylic acids is 1. The molecule has 2 N–H and O–H groups in total. The van der Waals surface area contributed by atoms with E-state index in [-0.39, 0.29) is 11.9 Å². The molecule has 0 aromatic carbocycles. The average Bonchev–Trinajstić information content (AvgIpc) is 2.49. The van der Waals surface area contributed by atoms with Crippen molar-refractivity contribution in [3.05, 3.63) is 0 Å². The summed E-state index contributed by atoms with van der Waals surface area (Å²) in [7, 11) is 0. The number of rotatable bonds is 3. The van der Waals surface area contributed by atoms with Crippen LogP contribution in [0.5, 0.6) is 0 Å². The minimum Gasteiger partial charge on any atom is -0.368 e. The maximum Gasteiger partial charge on any atom is 0.234 e. The molecule has 70 valence electrons. The number of primary amides is 1. The molecule has 0 bridgehead atoms. The van der Waals surface area contributed by atoms with Gasteiger partial charge in [-0.05, 0) is 32.7 Å². The summed E-state index contributed by atoms with van der Waals surface area (Å²) in [5.74, 6) is -0.199. The molecule has 0 aromatic rings. The molecule has 0 spiro atoms. The zero-order valence-corrected chi connectivity index (χ0v) is 7.92. The minimum atomic E-state index is -0.199. The fraction of sp³-hybridized carbons (Fsp3) is 0.889. The van der Waals surface area contributed by atoms with Crippen LogP contribution in [0.3, 0.4) is 0 Å². The Morgan fingerprint density at radius 2 is 2.42 bits per heavy atom. The molecule has 3 heteroatoms. The Morgan fingerprint density at radius 1 is 1.75 bits per heavy atom. The van der Waals surface area contributed by atoms with Crippen molar-refractivity contribution in [3.63, 3.8) is 0 Å². The van der Waals surface area contributed by atoms with Gasteiger partial charge in [0.15, 0.2) is 0 Å². The van der Waals surface area contributed by atoms with Gasteiger partial charge in [-0.25, -0.2) is 0 Å². The molecule has 1 aliphatic rings. The number of likely N-dealkylation sites (tertiary alicyclic amines) is 1. The van der Waals surface area contributed by atoms with E-state index in [2.05, 4.69) is 11.8 Å². The van der Waals surface area contributed by atoms with Crippen LogP contribution in [0.2, 0.25) is 0 Å². The van der Waals surface area contributed by atoms with E-state index in [4.69, 9.17) is 5.73 Å². The van der Waals surface area contributed by atoms with Crippen molar-refractivity contribution in [1.29, 1.82) is 0 Å². The maximum atomic E-state index is 10.9. The Kier molecular flexibility index (Phi) is 3.09. The third-order valence-electron chi connectivity index (χ3n) is 2.80. The van der Waals surface area contributed by atoms with Crippen LogP contribution in [-0.4, -0.2) is 29.4 Å². The topological polar surface area (TPSA) is 46.3 Å². The first-order valence-corrected chi connectivity index (χ1v) is 4.72. The summed E-state index contributed by atoms with van der Waals surface area (Å²) in [5, 5.41) is 0. The number of hydrogen-bond donors (Lipinski definition) is 1. The summed E-state index contributed by atoms with van der Waals surface area (Å²) < 4.78 is 0. The summed E-state index contributed by atoms with van der Waals surface area (Å²) in [6.07, 6.45) is 3.54. The van der Waals surface area contributed by atoms with Crippen LogP contribution >= 0.6 is 0 Å². The third kappa shape index (κ3) is 1.78. The standard InChI is InChI=1S/C9H18N2O/c1-3-8-5-4-6-11(8)7(2)9(10)12/h7-8H,3-6H2,1-2H3,(H2,10,12). The van der Waals surface area contributed by atoms with Crippen molar-refractivity contribution in [2.75, 3.05) is 6.54 Å². The second-order valence-corrected chi connectivity index (χ2v) is 3.52. The SMILES string of the molecule is CCC1CCCN1C(C)C(N)=O. The second kappa shape index (κ2) is 3.90. The molecule has 1 amide bonds. The quantitative estimate of drug-likeness (QED) is 0.679. The van der Waals surface area contributed by atoms with E-state index < -0.39 is 0 Å². The van der Waals surface area contributed by atoms with Crippen LogP contribution in [0.15, 0.2) is 0 Å². The average molecular weight is 170 g/mol. The predicted octanol–water partition coefficient (Wildman–Crippen LogP) is 0.735. The van der Waals surface area contributed by atoms with Gasteiger partial charge in [-0.3, -0.25) is 9.69 Å². The van der Waals surface area contributed by atoms with Crippen molar-refractivity contribution in [3.8, 4) is 0 Å². The summed E-state index contributed by atoms with van der Waals surface area (Å²) in [6, 6.07) is 0.491. The smallest absolute Gasteiger partial charge is 0.234 e. The van der Waals surface area contributed by atoms with E-state index in [1.807, 2.05) is 6.92 Å². The summed E-state index contributed by atoms with van der Waals surface area (Å²) in [5.41, 5.74) is 5.25. The van der Waals surface area contributed by atoms with Gasteiger partial charge in [0.1, 0.15) is 0 Å². The highest BCUT2D eigenvalue weighted by Crippen LogP contribution is 2.21. The number of carbonyl (C=O) groups is 1. The van der Waals surface area contributed by atoms with Crippen LogP contribution < -0.4 is 5.73 Å². The minimum absolute atomic E-state index is 0.0857. The maximum absolute atomic E-state index is 10.9. The number of nitrogens with two attached hydrogens (primary N) is 1. The monoisotopic (exact) mass is 170 g/mol. The van der Waals surface area contributed by atoms with Gasteiger partial charge in [-0.2, -0.15) is 0 Å². The summed E-state index contributed by atoms with van der Waals surface area (Å²) in [4.78, 5) is 13.2. The van der Waals surface area contributed by atoms with Gasteiger partial charge in [0, 0.05) is 6.04 Å². The first-order chi connectivity index (χ1) is 5.66. The van der Waals surface area contributed by atoms with E-state index >= 15 is 0 Å². The van der Waals surface area contributed by atoms with E-state index in [1.54, 1.807) is 0 Å². The highest BCUT2D eigenvalue weighted by Gasteiger charge is 2.29. The van der Waals surface area contributed by atoms with Gasteiger partial charge < -0.3 is 5.73 Å². The third-order valence-corrected chi connectivity index (χ3v) is 2.80. The Morgan fingerprint density at radius 3 is 2.92 bits per heavy atom. The zero-order valence-electron chi connectivity index (χ0n) is 7.92. The Labute approximate surface area is 73.9 Å². The van der Waals surface area contributed by atoms with Crippen LogP contribution in [0, 0.1) is 0 Å². The van der Waals surface area contributed by atoms with Gasteiger partial charge >= 0.3 is 0 Å². The van der Waals surface area contributed by atoms with Crippen LogP contribution in [-0.2, 0) is 4.79 Å². The Bertz CT molecular complexity index is 170. The molecule has 0 aromatic heterocycles. The summed E-state index contributed by atoms with van der Waals surface area (Å²) in [6.45, 7) is 5.09. The van der Waals surface area contributed by atoms with E-state index in [1.165, 1.54) is 12.8 Å². The predicted molar refractivity (Wildman–Crippen MR) is 48.7 cm³/mol. The lowest BCUT2D eigenvalue weighted by Crippen LogP contribution is -2.44. The van der Waals surface area contributed by atoms with E-state index in [9.17, 15) is 4.79 Å². The fourth-order valence-corrected chi connectivity index (χ4v) is 1.97. The van der Waals surface area contributed by atoms with Crippen LogP contribution in [0.25, 0.3) is 0 Å². The molecular weight excluding hydrogens is 152 g/mol. The summed E-state index contributed by atoms with van der Waals surface area (Å²) >= 11 is 0. The molecule has 12 heavy (non-hydrogen) atoms. The highest BCUT2D eigenvalue weighted by atomic mass is 16.1. The first-order valence-electron chi connectivity index (χ1n) is 4.72. The first kappa shape index (κ1) is 9.52. The molecule has 0 aliphatic carbocycles. The lowest BCUT2D eigenvalue weighted by atomic mass is 10.1. The molecule has 1 saturated heterocycles. The molecular formula is C9H18N2O. The van der Waals surface area contributed by atoms with Gasteiger partial charge in [-0.15, -0.1) is 0 Å². The number of hydrogen-bond acceptors (Lipinski definition) is 2. The van der Waals surface area contributed by atoms with E-state index in [0.29, 0.717) is 6.04 Å². The zero-order chi connectivity index (χ0) is 9.14. The Balaban J connectivity index is 2.55. The van der Waals surface area contributed by atoms with Crippen molar-refractivity contribution >= 4 is 5.91 Å². The number of nitrogens with zero attached hydrogens (tertiary/aromatic N) is 1. The lowest BCUT2D eigenvalue weighted by Gasteiger charge is -2.27. The van der Waals surface area contributed by atoms with Crippen molar-refractivity contribution < 1.29 is 4.79 Å². The van der Waals surface area contributed by atoms with E-state index in [0.717, 1.165) is 13.0 Å². The van der Waals surface area contributed by atoms with Crippen LogP contribution in [0.4, 0.5) is 0 Å². The molecule has 1 fully saturated rings. The normalized spacial score (nSPS) is 27.3. The van der Waals surface area contributed by atoms with Crippen molar-refractivity contribution in [2.45, 2.75) is 45.2 Å². The number of amides is 1. The molecule has 1 rings (SSSR count). The second-order valence-electron chi connectivity index (χ2n) is 3.52. The molecule has 1 aliphatic heterocycles. The van der Waals surface area contributed by atoms with Gasteiger partial charge in [-0.1, -0.05) is 6.92 Å². The molecule has 3 nitrogen and oxygen atoms in total. The molecule has 2 unspecified atom stereocenters. The largest absolute Gasteiger partial charge is 0.368 e.